The predicted molar refractivity (Wildman–Crippen MR) is 250 cm³/mol. The first-order valence-corrected chi connectivity index (χ1v) is 20.4. The topological polar surface area (TPSA) is 35.6 Å². The fourth-order valence-corrected chi connectivity index (χ4v) is 9.25. The Morgan fingerprint density at radius 3 is 1.47 bits per heavy atom. The van der Waals surface area contributed by atoms with E-state index < -0.39 is 0 Å². The summed E-state index contributed by atoms with van der Waals surface area (Å²) < 4.78 is 4.89. The highest BCUT2D eigenvalue weighted by Gasteiger charge is 2.22. The van der Waals surface area contributed by atoms with Gasteiger partial charge in [-0.2, -0.15) is 0 Å². The highest BCUT2D eigenvalue weighted by Crippen LogP contribution is 2.42. The van der Waals surface area contributed by atoms with Crippen LogP contribution in [0.2, 0.25) is 0 Å². The maximum atomic E-state index is 5.37. The van der Waals surface area contributed by atoms with Crippen LogP contribution in [-0.2, 0) is 0 Å². The molecule has 0 fully saturated rings. The predicted octanol–water partition coefficient (Wildman–Crippen LogP) is 14.5. The highest BCUT2D eigenvalue weighted by molar-refractivity contribution is 6.20. The van der Waals surface area contributed by atoms with Crippen molar-refractivity contribution in [1.29, 1.82) is 0 Å². The summed E-state index contributed by atoms with van der Waals surface area (Å²) in [5, 5.41) is 7.31. The van der Waals surface area contributed by atoms with Crippen molar-refractivity contribution in [2.24, 2.45) is 0 Å². The van der Waals surface area contributed by atoms with Gasteiger partial charge in [-0.25, -0.2) is 9.97 Å². The number of fused-ring (bicyclic) bond motifs is 7. The van der Waals surface area contributed by atoms with E-state index in [1.54, 1.807) is 0 Å². The largest absolute Gasteiger partial charge is 0.309 e. The molecule has 60 heavy (non-hydrogen) atoms. The van der Waals surface area contributed by atoms with Gasteiger partial charge < -0.3 is 9.13 Å². The van der Waals surface area contributed by atoms with Gasteiger partial charge in [-0.1, -0.05) is 176 Å². The molecule has 4 heteroatoms. The van der Waals surface area contributed by atoms with E-state index in [4.69, 9.17) is 9.97 Å². The van der Waals surface area contributed by atoms with E-state index in [-0.39, 0.29) is 0 Å². The first-order chi connectivity index (χ1) is 29.8. The Morgan fingerprint density at radius 2 is 0.767 bits per heavy atom. The average Bonchev–Trinajstić information content (AvgIpc) is 3.82. The Labute approximate surface area is 346 Å². The fraction of sp³-hybridized carbons (Fsp3) is 0. The Balaban J connectivity index is 1.14. The van der Waals surface area contributed by atoms with Crippen LogP contribution >= 0.6 is 0 Å². The standard InChI is InChI=1S/C56H36N4/c1-3-18-37(19-4-1)40-24-9-10-26-42(40)48-35-49(58-56(57-48)39-21-5-2-6-22-39)45-29-13-16-32-53(45)60-52-31-15-12-28-44(52)47-34-46-43-27-11-14-30-51(43)59(54(46)36-55(47)60)50-33-17-23-38-20-7-8-25-41(38)50/h1-36H. The molecule has 0 aliphatic carbocycles. The van der Waals surface area contributed by atoms with Crippen LogP contribution in [0.25, 0.3) is 111 Å². The number of hydrogen-bond donors (Lipinski definition) is 0. The minimum absolute atomic E-state index is 0.685. The van der Waals surface area contributed by atoms with Crippen LogP contribution in [0.15, 0.2) is 218 Å². The third kappa shape index (κ3) is 5.39. The van der Waals surface area contributed by atoms with Crippen LogP contribution in [0, 0.1) is 0 Å². The average molecular weight is 765 g/mol. The molecule has 0 saturated carbocycles. The Kier molecular flexibility index (Phi) is 7.82. The monoisotopic (exact) mass is 764 g/mol. The molecular weight excluding hydrogens is 729 g/mol. The van der Waals surface area contributed by atoms with E-state index in [0.29, 0.717) is 5.82 Å². The lowest BCUT2D eigenvalue weighted by atomic mass is 9.96. The van der Waals surface area contributed by atoms with Crippen molar-refractivity contribution in [2.75, 3.05) is 0 Å². The summed E-state index contributed by atoms with van der Waals surface area (Å²) in [4.78, 5) is 10.6. The minimum atomic E-state index is 0.685. The molecule has 0 aliphatic heterocycles. The minimum Gasteiger partial charge on any atom is -0.309 e. The Hall–Kier alpha value is -8.08. The number of nitrogens with zero attached hydrogens (tertiary/aromatic N) is 4. The lowest BCUT2D eigenvalue weighted by Crippen LogP contribution is -2.01. The van der Waals surface area contributed by atoms with E-state index in [1.165, 1.54) is 43.5 Å². The van der Waals surface area contributed by atoms with Crippen LogP contribution in [-0.4, -0.2) is 19.1 Å². The molecule has 12 aromatic rings. The zero-order valence-corrected chi connectivity index (χ0v) is 32.6. The molecule has 0 saturated heterocycles. The highest BCUT2D eigenvalue weighted by atomic mass is 15.0. The summed E-state index contributed by atoms with van der Waals surface area (Å²) in [7, 11) is 0. The molecule has 0 atom stereocenters. The third-order valence-corrected chi connectivity index (χ3v) is 11.9. The summed E-state index contributed by atoms with van der Waals surface area (Å²) in [6.07, 6.45) is 0. The fourth-order valence-electron chi connectivity index (χ4n) is 9.25. The van der Waals surface area contributed by atoms with E-state index in [2.05, 4.69) is 209 Å². The van der Waals surface area contributed by atoms with Crippen LogP contribution in [0.1, 0.15) is 0 Å². The molecule has 0 bridgehead atoms. The molecule has 3 heterocycles. The second-order valence-corrected chi connectivity index (χ2v) is 15.3. The molecule has 0 spiro atoms. The second-order valence-electron chi connectivity index (χ2n) is 15.3. The lowest BCUT2D eigenvalue weighted by molar-refractivity contribution is 1.15. The lowest BCUT2D eigenvalue weighted by Gasteiger charge is -2.16. The first-order valence-electron chi connectivity index (χ1n) is 20.4. The van der Waals surface area contributed by atoms with Crippen molar-refractivity contribution >= 4 is 54.4 Å². The van der Waals surface area contributed by atoms with E-state index in [0.717, 1.165) is 61.4 Å². The number of benzene rings is 9. The SMILES string of the molecule is c1ccc(-c2nc(-c3ccccc3-c3ccccc3)cc(-c3ccccc3-n3c4ccccc4c4cc5c6ccccc6n(-c6cccc7ccccc67)c5cc43)n2)cc1. The van der Waals surface area contributed by atoms with Crippen molar-refractivity contribution in [3.63, 3.8) is 0 Å². The van der Waals surface area contributed by atoms with Crippen molar-refractivity contribution in [3.8, 4) is 56.4 Å². The van der Waals surface area contributed by atoms with Crippen molar-refractivity contribution < 1.29 is 0 Å². The van der Waals surface area contributed by atoms with Crippen LogP contribution < -0.4 is 0 Å². The number of rotatable bonds is 6. The quantitative estimate of drug-likeness (QED) is 0.169. The van der Waals surface area contributed by atoms with Gasteiger partial charge in [0.25, 0.3) is 0 Å². The summed E-state index contributed by atoms with van der Waals surface area (Å²) in [5.74, 6) is 0.685. The van der Waals surface area contributed by atoms with Crippen molar-refractivity contribution in [3.05, 3.63) is 218 Å². The first kappa shape index (κ1) is 34.0. The maximum Gasteiger partial charge on any atom is 0.160 e. The van der Waals surface area contributed by atoms with Gasteiger partial charge in [-0.3, -0.25) is 0 Å². The van der Waals surface area contributed by atoms with Gasteiger partial charge in [0.15, 0.2) is 5.82 Å². The summed E-state index contributed by atoms with van der Waals surface area (Å²) in [6, 6.07) is 77.9. The molecule has 0 aliphatic rings. The van der Waals surface area contributed by atoms with Gasteiger partial charge in [0.05, 0.1) is 44.8 Å². The molecule has 280 valence electrons. The molecule has 0 unspecified atom stereocenters. The van der Waals surface area contributed by atoms with Crippen molar-refractivity contribution in [1.82, 2.24) is 19.1 Å². The Morgan fingerprint density at radius 1 is 0.283 bits per heavy atom. The molecule has 9 aromatic carbocycles. The van der Waals surface area contributed by atoms with Crippen LogP contribution in [0.3, 0.4) is 0 Å². The van der Waals surface area contributed by atoms with Gasteiger partial charge in [0.1, 0.15) is 0 Å². The van der Waals surface area contributed by atoms with Gasteiger partial charge in [-0.15, -0.1) is 0 Å². The van der Waals surface area contributed by atoms with Gasteiger partial charge in [0.2, 0.25) is 0 Å². The number of hydrogen-bond acceptors (Lipinski definition) is 2. The van der Waals surface area contributed by atoms with Gasteiger partial charge >= 0.3 is 0 Å². The molecule has 0 amide bonds. The molecule has 12 rings (SSSR count). The maximum absolute atomic E-state index is 5.37. The number of para-hydroxylation sites is 3. The third-order valence-electron chi connectivity index (χ3n) is 11.9. The van der Waals surface area contributed by atoms with E-state index >= 15 is 0 Å². The summed E-state index contributed by atoms with van der Waals surface area (Å²) in [6.45, 7) is 0. The molecular formula is C56H36N4. The van der Waals surface area contributed by atoms with Gasteiger partial charge in [0, 0.05) is 43.6 Å². The summed E-state index contributed by atoms with van der Waals surface area (Å²) in [5.41, 5.74) is 13.9. The van der Waals surface area contributed by atoms with E-state index in [1.807, 2.05) is 18.2 Å². The smallest absolute Gasteiger partial charge is 0.160 e. The molecule has 0 radical (unpaired) electrons. The Bertz CT molecular complexity index is 3590. The molecule has 0 N–H and O–H groups in total. The molecule has 4 nitrogen and oxygen atoms in total. The van der Waals surface area contributed by atoms with Crippen molar-refractivity contribution in [2.45, 2.75) is 0 Å². The molecule has 3 aromatic heterocycles. The zero-order valence-electron chi connectivity index (χ0n) is 32.6. The normalized spacial score (nSPS) is 11.7. The number of aromatic nitrogens is 4. The van der Waals surface area contributed by atoms with Gasteiger partial charge in [-0.05, 0) is 59.0 Å². The van der Waals surface area contributed by atoms with Crippen LogP contribution in [0.5, 0.6) is 0 Å². The second kappa shape index (κ2) is 13.8. The zero-order chi connectivity index (χ0) is 39.6. The van der Waals surface area contributed by atoms with E-state index in [9.17, 15) is 0 Å². The summed E-state index contributed by atoms with van der Waals surface area (Å²) >= 11 is 0. The van der Waals surface area contributed by atoms with Crippen LogP contribution in [0.4, 0.5) is 0 Å².